The number of hydrogen-bond donors (Lipinski definition) is 0. The van der Waals surface area contributed by atoms with Crippen LogP contribution in [0.4, 0.5) is 0 Å². The molecule has 0 aromatic heterocycles. The predicted molar refractivity (Wildman–Crippen MR) is 61.2 cm³/mol. The first-order chi connectivity index (χ1) is 6.72. The van der Waals surface area contributed by atoms with Gasteiger partial charge in [0.15, 0.2) is 0 Å². The van der Waals surface area contributed by atoms with Gasteiger partial charge in [0.2, 0.25) is 0 Å². The van der Waals surface area contributed by atoms with Gasteiger partial charge in [-0.1, -0.05) is 19.8 Å². The van der Waals surface area contributed by atoms with Crippen molar-refractivity contribution in [3.05, 3.63) is 0 Å². The van der Waals surface area contributed by atoms with Gasteiger partial charge in [0.1, 0.15) is 0 Å². The average molecular weight is 194 g/mol. The number of piperazine rings is 1. The first-order valence-corrected chi connectivity index (χ1v) is 5.56. The summed E-state index contributed by atoms with van der Waals surface area (Å²) in [6.45, 7) is 13.5. The van der Waals surface area contributed by atoms with Gasteiger partial charge in [-0.05, 0) is 12.8 Å². The summed E-state index contributed by atoms with van der Waals surface area (Å²) >= 11 is 0. The molecule has 1 fully saturated rings. The third kappa shape index (κ3) is 4.13. The zero-order chi connectivity index (χ0) is 10.4. The van der Waals surface area contributed by atoms with Crippen LogP contribution in [0.15, 0.2) is 0 Å². The lowest BCUT2D eigenvalue weighted by Gasteiger charge is -2.34. The van der Waals surface area contributed by atoms with Crippen molar-refractivity contribution in [3.8, 4) is 11.8 Å². The number of rotatable bonds is 3. The van der Waals surface area contributed by atoms with E-state index in [1.165, 1.54) is 32.7 Å². The molecule has 0 bridgehead atoms. The second kappa shape index (κ2) is 6.06. The van der Waals surface area contributed by atoms with Crippen molar-refractivity contribution in [1.82, 2.24) is 9.80 Å². The van der Waals surface area contributed by atoms with Crippen LogP contribution < -0.4 is 0 Å². The van der Waals surface area contributed by atoms with Crippen LogP contribution in [0.25, 0.3) is 0 Å². The van der Waals surface area contributed by atoms with Gasteiger partial charge in [0.25, 0.3) is 0 Å². The molecule has 0 unspecified atom stereocenters. The van der Waals surface area contributed by atoms with Gasteiger partial charge in [-0.15, -0.1) is 5.92 Å². The Kier molecular flexibility index (Phi) is 5.00. The molecule has 0 N–H and O–H groups in total. The highest BCUT2D eigenvalue weighted by atomic mass is 15.3. The standard InChI is InChI=1S/C12H22N2/c1-4-5-6-13-7-9-14(10-8-13)11-12(2)3/h12H,6-11H2,1-3H3. The Balaban J connectivity index is 2.19. The molecule has 0 radical (unpaired) electrons. The second-order valence-corrected chi connectivity index (χ2v) is 4.40. The maximum atomic E-state index is 3.13. The van der Waals surface area contributed by atoms with Crippen LogP contribution in [-0.4, -0.2) is 49.1 Å². The van der Waals surface area contributed by atoms with Gasteiger partial charge in [-0.3, -0.25) is 4.90 Å². The fourth-order valence-electron chi connectivity index (χ4n) is 1.84. The summed E-state index contributed by atoms with van der Waals surface area (Å²) in [5, 5.41) is 0. The molecule has 0 saturated carbocycles. The van der Waals surface area contributed by atoms with E-state index in [-0.39, 0.29) is 0 Å². The van der Waals surface area contributed by atoms with Crippen molar-refractivity contribution in [2.75, 3.05) is 39.3 Å². The molecule has 80 valence electrons. The molecule has 1 aliphatic heterocycles. The lowest BCUT2D eigenvalue weighted by molar-refractivity contribution is 0.133. The summed E-state index contributed by atoms with van der Waals surface area (Å²) < 4.78 is 0. The van der Waals surface area contributed by atoms with Gasteiger partial charge < -0.3 is 4.90 Å². The SMILES string of the molecule is CC#CCN1CCN(CC(C)C)CC1. The van der Waals surface area contributed by atoms with Crippen molar-refractivity contribution in [3.63, 3.8) is 0 Å². The molecule has 2 nitrogen and oxygen atoms in total. The molecule has 0 spiro atoms. The Morgan fingerprint density at radius 2 is 1.64 bits per heavy atom. The zero-order valence-electron chi connectivity index (χ0n) is 9.71. The number of nitrogens with zero attached hydrogens (tertiary/aromatic N) is 2. The van der Waals surface area contributed by atoms with E-state index in [0.29, 0.717) is 0 Å². The summed E-state index contributed by atoms with van der Waals surface area (Å²) in [5.74, 6) is 6.87. The van der Waals surface area contributed by atoms with Crippen LogP contribution >= 0.6 is 0 Å². The molecule has 2 heteroatoms. The Morgan fingerprint density at radius 1 is 1.07 bits per heavy atom. The zero-order valence-corrected chi connectivity index (χ0v) is 9.71. The van der Waals surface area contributed by atoms with E-state index in [1.54, 1.807) is 0 Å². The van der Waals surface area contributed by atoms with Crippen molar-refractivity contribution < 1.29 is 0 Å². The quantitative estimate of drug-likeness (QED) is 0.625. The van der Waals surface area contributed by atoms with Gasteiger partial charge in [-0.25, -0.2) is 0 Å². The minimum atomic E-state index is 0.789. The highest BCUT2D eigenvalue weighted by molar-refractivity contribution is 4.98. The van der Waals surface area contributed by atoms with E-state index in [1.807, 2.05) is 6.92 Å². The van der Waals surface area contributed by atoms with Crippen LogP contribution in [-0.2, 0) is 0 Å². The average Bonchev–Trinajstić information content (AvgIpc) is 2.16. The molecule has 1 heterocycles. The fraction of sp³-hybridized carbons (Fsp3) is 0.833. The van der Waals surface area contributed by atoms with Gasteiger partial charge in [-0.2, -0.15) is 0 Å². The van der Waals surface area contributed by atoms with E-state index >= 15 is 0 Å². The summed E-state index contributed by atoms with van der Waals surface area (Å²) in [6.07, 6.45) is 0. The first-order valence-electron chi connectivity index (χ1n) is 5.56. The third-order valence-corrected chi connectivity index (χ3v) is 2.57. The minimum Gasteiger partial charge on any atom is -0.301 e. The van der Waals surface area contributed by atoms with E-state index in [0.717, 1.165) is 12.5 Å². The highest BCUT2D eigenvalue weighted by Gasteiger charge is 2.15. The summed E-state index contributed by atoms with van der Waals surface area (Å²) in [6, 6.07) is 0. The van der Waals surface area contributed by atoms with Crippen molar-refractivity contribution in [2.24, 2.45) is 5.92 Å². The van der Waals surface area contributed by atoms with Crippen LogP contribution in [0, 0.1) is 17.8 Å². The molecule has 0 amide bonds. The van der Waals surface area contributed by atoms with Crippen molar-refractivity contribution >= 4 is 0 Å². The monoisotopic (exact) mass is 194 g/mol. The normalized spacial score (nSPS) is 19.4. The Hall–Kier alpha value is -0.520. The molecule has 0 aromatic rings. The largest absolute Gasteiger partial charge is 0.301 e. The molecule has 0 atom stereocenters. The molecular formula is C12H22N2. The predicted octanol–water partition coefficient (Wildman–Crippen LogP) is 1.28. The van der Waals surface area contributed by atoms with Crippen molar-refractivity contribution in [1.29, 1.82) is 0 Å². The molecule has 1 rings (SSSR count). The molecule has 0 aliphatic carbocycles. The lowest BCUT2D eigenvalue weighted by atomic mass is 10.2. The smallest absolute Gasteiger partial charge is 0.0602 e. The van der Waals surface area contributed by atoms with Gasteiger partial charge in [0.05, 0.1) is 6.54 Å². The highest BCUT2D eigenvalue weighted by Crippen LogP contribution is 2.04. The van der Waals surface area contributed by atoms with E-state index in [2.05, 4.69) is 35.5 Å². The maximum absolute atomic E-state index is 3.13. The Labute approximate surface area is 88.3 Å². The summed E-state index contributed by atoms with van der Waals surface area (Å²) in [4.78, 5) is 4.99. The first kappa shape index (κ1) is 11.6. The second-order valence-electron chi connectivity index (χ2n) is 4.40. The molecule has 1 saturated heterocycles. The maximum Gasteiger partial charge on any atom is 0.0602 e. The fourth-order valence-corrected chi connectivity index (χ4v) is 1.84. The number of hydrogen-bond acceptors (Lipinski definition) is 2. The van der Waals surface area contributed by atoms with Crippen LogP contribution in [0.2, 0.25) is 0 Å². The third-order valence-electron chi connectivity index (χ3n) is 2.57. The summed E-state index contributed by atoms with van der Waals surface area (Å²) in [7, 11) is 0. The van der Waals surface area contributed by atoms with E-state index < -0.39 is 0 Å². The summed E-state index contributed by atoms with van der Waals surface area (Å²) in [5.41, 5.74) is 0. The molecule has 1 aliphatic rings. The Bertz CT molecular complexity index is 204. The van der Waals surface area contributed by atoms with E-state index in [9.17, 15) is 0 Å². The van der Waals surface area contributed by atoms with Gasteiger partial charge in [0, 0.05) is 32.7 Å². The topological polar surface area (TPSA) is 6.48 Å². The lowest BCUT2D eigenvalue weighted by Crippen LogP contribution is -2.47. The van der Waals surface area contributed by atoms with Crippen LogP contribution in [0.1, 0.15) is 20.8 Å². The molecule has 14 heavy (non-hydrogen) atoms. The molecule has 0 aromatic carbocycles. The van der Waals surface area contributed by atoms with Crippen LogP contribution in [0.3, 0.4) is 0 Å². The molecular weight excluding hydrogens is 172 g/mol. The van der Waals surface area contributed by atoms with E-state index in [4.69, 9.17) is 0 Å². The Morgan fingerprint density at radius 3 is 2.14 bits per heavy atom. The minimum absolute atomic E-state index is 0.789. The van der Waals surface area contributed by atoms with Gasteiger partial charge >= 0.3 is 0 Å². The van der Waals surface area contributed by atoms with Crippen LogP contribution in [0.5, 0.6) is 0 Å². The van der Waals surface area contributed by atoms with Crippen molar-refractivity contribution in [2.45, 2.75) is 20.8 Å².